The fraction of sp³-hybridized carbons (Fsp3) is 0.750. The standard InChI is InChI=1S/C12H22N4/c1-10(6-8-15(2)3)14-12-13-7-9-16(12)11-4-5-11/h7,9-11H,4-6,8H2,1-3H3,(H,13,14). The van der Waals surface area contributed by atoms with Gasteiger partial charge in [-0.3, -0.25) is 0 Å². The molecule has 4 nitrogen and oxygen atoms in total. The molecule has 0 spiro atoms. The Morgan fingerprint density at radius 1 is 1.56 bits per heavy atom. The molecule has 1 aliphatic rings. The van der Waals surface area contributed by atoms with Crippen LogP contribution in [0, 0.1) is 0 Å². The maximum atomic E-state index is 4.38. The summed E-state index contributed by atoms with van der Waals surface area (Å²) in [7, 11) is 4.22. The van der Waals surface area contributed by atoms with Crippen LogP contribution < -0.4 is 5.32 Å². The summed E-state index contributed by atoms with van der Waals surface area (Å²) in [4.78, 5) is 6.60. The number of hydrogen-bond donors (Lipinski definition) is 1. The molecular formula is C12H22N4. The minimum Gasteiger partial charge on any atom is -0.353 e. The number of hydrogen-bond acceptors (Lipinski definition) is 3. The molecule has 1 saturated carbocycles. The van der Waals surface area contributed by atoms with Crippen LogP contribution in [0.2, 0.25) is 0 Å². The third kappa shape index (κ3) is 2.98. The van der Waals surface area contributed by atoms with Crippen molar-refractivity contribution in [2.45, 2.75) is 38.3 Å². The first kappa shape index (κ1) is 11.5. The quantitative estimate of drug-likeness (QED) is 0.799. The summed E-state index contributed by atoms with van der Waals surface area (Å²) >= 11 is 0. The molecule has 4 heteroatoms. The van der Waals surface area contributed by atoms with E-state index in [1.165, 1.54) is 12.8 Å². The van der Waals surface area contributed by atoms with Gasteiger partial charge in [0.15, 0.2) is 0 Å². The van der Waals surface area contributed by atoms with Crippen LogP contribution >= 0.6 is 0 Å². The summed E-state index contributed by atoms with van der Waals surface area (Å²) in [6.07, 6.45) is 7.72. The highest BCUT2D eigenvalue weighted by atomic mass is 15.2. The largest absolute Gasteiger partial charge is 0.353 e. The molecule has 0 aliphatic heterocycles. The first-order chi connectivity index (χ1) is 7.66. The summed E-state index contributed by atoms with van der Waals surface area (Å²) in [6, 6.07) is 1.17. The van der Waals surface area contributed by atoms with Crippen molar-refractivity contribution in [2.24, 2.45) is 0 Å². The second-order valence-corrected chi connectivity index (χ2v) is 5.03. The number of nitrogens with one attached hydrogen (secondary N) is 1. The van der Waals surface area contributed by atoms with E-state index in [1.54, 1.807) is 0 Å². The fourth-order valence-electron chi connectivity index (χ4n) is 1.82. The molecule has 1 heterocycles. The highest BCUT2D eigenvalue weighted by Crippen LogP contribution is 2.36. The van der Waals surface area contributed by atoms with Gasteiger partial charge in [0.1, 0.15) is 0 Å². The van der Waals surface area contributed by atoms with Gasteiger partial charge in [-0.05, 0) is 46.8 Å². The minimum atomic E-state index is 0.474. The SMILES string of the molecule is CC(CCN(C)C)Nc1nccn1C1CC1. The lowest BCUT2D eigenvalue weighted by Gasteiger charge is -2.18. The average molecular weight is 222 g/mol. The third-order valence-corrected chi connectivity index (χ3v) is 2.99. The smallest absolute Gasteiger partial charge is 0.203 e. The highest BCUT2D eigenvalue weighted by Gasteiger charge is 2.25. The molecule has 1 atom stereocenters. The molecule has 1 unspecified atom stereocenters. The average Bonchev–Trinajstić information content (AvgIpc) is 2.97. The molecular weight excluding hydrogens is 200 g/mol. The number of rotatable bonds is 6. The number of anilines is 1. The molecule has 0 amide bonds. The molecule has 0 bridgehead atoms. The van der Waals surface area contributed by atoms with Gasteiger partial charge in [0.05, 0.1) is 0 Å². The van der Waals surface area contributed by atoms with Crippen LogP contribution in [0.15, 0.2) is 12.4 Å². The van der Waals surface area contributed by atoms with Crippen molar-refractivity contribution in [1.29, 1.82) is 0 Å². The number of nitrogens with zero attached hydrogens (tertiary/aromatic N) is 3. The normalized spacial score (nSPS) is 17.8. The van der Waals surface area contributed by atoms with Gasteiger partial charge in [0, 0.05) is 24.5 Å². The maximum absolute atomic E-state index is 4.38. The second-order valence-electron chi connectivity index (χ2n) is 5.03. The minimum absolute atomic E-state index is 0.474. The van der Waals surface area contributed by atoms with Crippen molar-refractivity contribution in [3.05, 3.63) is 12.4 Å². The molecule has 90 valence electrons. The third-order valence-electron chi connectivity index (χ3n) is 2.99. The van der Waals surface area contributed by atoms with Crippen LogP contribution in [0.25, 0.3) is 0 Å². The van der Waals surface area contributed by atoms with Gasteiger partial charge in [-0.1, -0.05) is 0 Å². The molecule has 1 aromatic heterocycles. The summed E-state index contributed by atoms with van der Waals surface area (Å²) in [5, 5.41) is 3.49. The molecule has 1 fully saturated rings. The van der Waals surface area contributed by atoms with Crippen molar-refractivity contribution in [2.75, 3.05) is 26.0 Å². The van der Waals surface area contributed by atoms with E-state index in [1.807, 2.05) is 6.20 Å². The molecule has 0 saturated heterocycles. The van der Waals surface area contributed by atoms with Crippen LogP contribution in [0.1, 0.15) is 32.2 Å². The summed E-state index contributed by atoms with van der Waals surface area (Å²) < 4.78 is 2.27. The van der Waals surface area contributed by atoms with Gasteiger partial charge in [-0.15, -0.1) is 0 Å². The van der Waals surface area contributed by atoms with Gasteiger partial charge < -0.3 is 14.8 Å². The topological polar surface area (TPSA) is 33.1 Å². The molecule has 1 aliphatic carbocycles. The van der Waals surface area contributed by atoms with Gasteiger partial charge in [-0.25, -0.2) is 4.98 Å². The highest BCUT2D eigenvalue weighted by molar-refractivity contribution is 5.29. The van der Waals surface area contributed by atoms with Gasteiger partial charge in [0.2, 0.25) is 5.95 Å². The Bertz CT molecular complexity index is 328. The van der Waals surface area contributed by atoms with E-state index in [-0.39, 0.29) is 0 Å². The molecule has 1 N–H and O–H groups in total. The Hall–Kier alpha value is -1.03. The summed E-state index contributed by atoms with van der Waals surface area (Å²) in [5.74, 6) is 1.04. The van der Waals surface area contributed by atoms with Crippen LogP contribution in [0.5, 0.6) is 0 Å². The van der Waals surface area contributed by atoms with E-state index in [0.717, 1.165) is 18.9 Å². The molecule has 0 aromatic carbocycles. The van der Waals surface area contributed by atoms with Gasteiger partial charge in [-0.2, -0.15) is 0 Å². The maximum Gasteiger partial charge on any atom is 0.203 e. The van der Waals surface area contributed by atoms with Crippen LogP contribution in [-0.4, -0.2) is 41.1 Å². The first-order valence-electron chi connectivity index (χ1n) is 6.11. The zero-order valence-electron chi connectivity index (χ0n) is 10.5. The van der Waals surface area contributed by atoms with E-state index in [0.29, 0.717) is 12.1 Å². The number of aromatic nitrogens is 2. The summed E-state index contributed by atoms with van der Waals surface area (Å²) in [5.41, 5.74) is 0. The Morgan fingerprint density at radius 3 is 2.94 bits per heavy atom. The Morgan fingerprint density at radius 2 is 2.31 bits per heavy atom. The lowest BCUT2D eigenvalue weighted by molar-refractivity contribution is 0.390. The fourth-order valence-corrected chi connectivity index (χ4v) is 1.82. The van der Waals surface area contributed by atoms with E-state index in [4.69, 9.17) is 0 Å². The van der Waals surface area contributed by atoms with Crippen molar-refractivity contribution in [1.82, 2.24) is 14.5 Å². The van der Waals surface area contributed by atoms with Crippen LogP contribution in [-0.2, 0) is 0 Å². The second kappa shape index (κ2) is 4.87. The monoisotopic (exact) mass is 222 g/mol. The summed E-state index contributed by atoms with van der Waals surface area (Å²) in [6.45, 7) is 3.33. The molecule has 0 radical (unpaired) electrons. The van der Waals surface area contributed by atoms with E-state index in [9.17, 15) is 0 Å². The van der Waals surface area contributed by atoms with Crippen LogP contribution in [0.4, 0.5) is 5.95 Å². The van der Waals surface area contributed by atoms with Crippen molar-refractivity contribution >= 4 is 5.95 Å². The van der Waals surface area contributed by atoms with E-state index >= 15 is 0 Å². The van der Waals surface area contributed by atoms with Gasteiger partial charge in [0.25, 0.3) is 0 Å². The lowest BCUT2D eigenvalue weighted by Crippen LogP contribution is -2.24. The van der Waals surface area contributed by atoms with Gasteiger partial charge >= 0.3 is 0 Å². The van der Waals surface area contributed by atoms with E-state index in [2.05, 4.69) is 47.0 Å². The van der Waals surface area contributed by atoms with Crippen molar-refractivity contribution in [3.8, 4) is 0 Å². The lowest BCUT2D eigenvalue weighted by atomic mass is 10.2. The molecule has 16 heavy (non-hydrogen) atoms. The zero-order chi connectivity index (χ0) is 11.5. The molecule has 2 rings (SSSR count). The van der Waals surface area contributed by atoms with E-state index < -0.39 is 0 Å². The number of imidazole rings is 1. The molecule has 1 aromatic rings. The van der Waals surface area contributed by atoms with Crippen molar-refractivity contribution in [3.63, 3.8) is 0 Å². The van der Waals surface area contributed by atoms with Crippen molar-refractivity contribution < 1.29 is 0 Å². The Balaban J connectivity index is 1.85. The Labute approximate surface area is 97.7 Å². The Kier molecular flexibility index (Phi) is 3.49. The predicted molar refractivity (Wildman–Crippen MR) is 66.8 cm³/mol. The zero-order valence-corrected chi connectivity index (χ0v) is 10.5. The first-order valence-corrected chi connectivity index (χ1v) is 6.11. The predicted octanol–water partition coefficient (Wildman–Crippen LogP) is 1.97. The van der Waals surface area contributed by atoms with Crippen LogP contribution in [0.3, 0.4) is 0 Å².